The van der Waals surface area contributed by atoms with Gasteiger partial charge in [0.05, 0.1) is 54.1 Å². The van der Waals surface area contributed by atoms with E-state index in [0.717, 1.165) is 92.8 Å². The van der Waals surface area contributed by atoms with Gasteiger partial charge in [-0.2, -0.15) is 0 Å². The molecule has 1 aliphatic carbocycles. The van der Waals surface area contributed by atoms with Crippen molar-refractivity contribution in [2.75, 3.05) is 49.6 Å². The van der Waals surface area contributed by atoms with Crippen molar-refractivity contribution >= 4 is 34.1 Å². The van der Waals surface area contributed by atoms with Crippen molar-refractivity contribution in [3.05, 3.63) is 60.4 Å². The van der Waals surface area contributed by atoms with Gasteiger partial charge in [0, 0.05) is 42.1 Å². The summed E-state index contributed by atoms with van der Waals surface area (Å²) < 4.78 is 37.4. The lowest BCUT2D eigenvalue weighted by molar-refractivity contribution is -0.128. The molecule has 1 atom stereocenters. The second-order valence-corrected chi connectivity index (χ2v) is 15.9. The molecule has 7 heterocycles. The van der Waals surface area contributed by atoms with Crippen LogP contribution in [0.2, 0.25) is 0 Å². The maximum absolute atomic E-state index is 15.0. The summed E-state index contributed by atoms with van der Waals surface area (Å²) in [5.41, 5.74) is 3.69. The number of aromatic nitrogens is 4. The van der Waals surface area contributed by atoms with Gasteiger partial charge < -0.3 is 19.5 Å². The molecule has 0 radical (unpaired) electrons. The summed E-state index contributed by atoms with van der Waals surface area (Å²) in [4.78, 5) is 35.4. The van der Waals surface area contributed by atoms with Crippen LogP contribution >= 0.6 is 0 Å². The minimum Gasteiger partial charge on any atom is -0.378 e. The zero-order valence-electron chi connectivity index (χ0n) is 29.6. The van der Waals surface area contributed by atoms with Crippen molar-refractivity contribution in [2.24, 2.45) is 0 Å². The third-order valence-electron chi connectivity index (χ3n) is 12.3. The number of anilines is 3. The van der Waals surface area contributed by atoms with E-state index in [-0.39, 0.29) is 29.7 Å². The molecule has 9 rings (SSSR count). The van der Waals surface area contributed by atoms with Gasteiger partial charge in [0.15, 0.2) is 11.6 Å². The number of benzene rings is 1. The molecule has 4 fully saturated rings. The van der Waals surface area contributed by atoms with Gasteiger partial charge in [0.25, 0.3) is 0 Å². The first-order valence-electron chi connectivity index (χ1n) is 18.6. The molecule has 3 saturated heterocycles. The first-order valence-corrected chi connectivity index (χ1v) is 18.6. The van der Waals surface area contributed by atoms with Gasteiger partial charge in [-0.3, -0.25) is 19.6 Å². The van der Waals surface area contributed by atoms with Crippen LogP contribution < -0.4 is 10.2 Å². The van der Waals surface area contributed by atoms with Crippen LogP contribution in [0.1, 0.15) is 70.9 Å². The highest BCUT2D eigenvalue weighted by Gasteiger charge is 2.56. The van der Waals surface area contributed by atoms with E-state index in [1.807, 2.05) is 10.6 Å². The Morgan fingerprint density at radius 2 is 1.80 bits per heavy atom. The lowest BCUT2D eigenvalue weighted by atomic mass is 9.73. The highest BCUT2D eigenvalue weighted by molar-refractivity contribution is 6.09. The van der Waals surface area contributed by atoms with Crippen LogP contribution in [0.15, 0.2) is 49.1 Å². The molecule has 51 heavy (non-hydrogen) atoms. The first kappa shape index (κ1) is 32.9. The molecule has 4 aliphatic heterocycles. The minimum atomic E-state index is -1.16. The molecule has 4 aromatic rings. The molecule has 1 amide bonds. The summed E-state index contributed by atoms with van der Waals surface area (Å²) >= 11 is 0. The molecule has 10 nitrogen and oxygen atoms in total. The van der Waals surface area contributed by atoms with Gasteiger partial charge in [-0.25, -0.2) is 18.7 Å². The number of hydrogen-bond donors (Lipinski definition) is 1. The van der Waals surface area contributed by atoms with Gasteiger partial charge in [-0.05, 0) is 103 Å². The summed E-state index contributed by atoms with van der Waals surface area (Å²) in [6.07, 6.45) is 9.24. The van der Waals surface area contributed by atoms with E-state index in [4.69, 9.17) is 14.7 Å². The van der Waals surface area contributed by atoms with Crippen molar-refractivity contribution in [3.63, 3.8) is 0 Å². The number of carbonyl (C=O) groups excluding carboxylic acids is 1. The fraction of sp³-hybridized carbons (Fsp3) is 0.538. The Morgan fingerprint density at radius 1 is 1.00 bits per heavy atom. The summed E-state index contributed by atoms with van der Waals surface area (Å²) in [5.74, 6) is 0.228. The Hall–Kier alpha value is -4.00. The Kier molecular flexibility index (Phi) is 7.93. The van der Waals surface area contributed by atoms with Gasteiger partial charge in [0.1, 0.15) is 11.2 Å². The topological polar surface area (TPSA) is 91.7 Å². The smallest absolute Gasteiger partial charge is 0.238 e. The summed E-state index contributed by atoms with van der Waals surface area (Å²) in [7, 11) is 0. The Balaban J connectivity index is 1.09. The average Bonchev–Trinajstić information content (AvgIpc) is 3.59. The number of pyridine rings is 2. The molecule has 3 aromatic heterocycles. The predicted octanol–water partition coefficient (Wildman–Crippen LogP) is 6.39. The molecular formula is C39H46F2N8O2. The molecular weight excluding hydrogens is 650 g/mol. The van der Waals surface area contributed by atoms with E-state index < -0.39 is 16.9 Å². The van der Waals surface area contributed by atoms with E-state index in [0.29, 0.717) is 30.5 Å². The van der Waals surface area contributed by atoms with Crippen LogP contribution in [0.25, 0.3) is 22.3 Å². The number of likely N-dealkylation sites (tertiary alicyclic amines) is 2. The van der Waals surface area contributed by atoms with Gasteiger partial charge in [0.2, 0.25) is 5.91 Å². The maximum atomic E-state index is 15.0. The van der Waals surface area contributed by atoms with Crippen LogP contribution in [-0.2, 0) is 14.9 Å². The second-order valence-electron chi connectivity index (χ2n) is 15.9. The molecule has 1 spiro atoms. The zero-order chi connectivity index (χ0) is 35.1. The number of halogens is 2. The summed E-state index contributed by atoms with van der Waals surface area (Å²) in [5, 5.41) is 3.23. The number of piperidine rings is 2. The largest absolute Gasteiger partial charge is 0.378 e. The molecule has 1 saturated carbocycles. The maximum Gasteiger partial charge on any atom is 0.238 e. The number of nitrogens with zero attached hydrogens (tertiary/aromatic N) is 7. The van der Waals surface area contributed by atoms with Gasteiger partial charge in [-0.15, -0.1) is 0 Å². The molecule has 5 aliphatic rings. The molecule has 0 bridgehead atoms. The molecule has 1 unspecified atom stereocenters. The SMILES string of the molecule is CC(C)n1cnc2cc(-c3ccc4c(c3)N(C3CC(N5CCCC(C)(F)C5)C3)C(=O)C43CCN(C4COC4)CC3)nc(Nc3ccncc3F)c21. The Labute approximate surface area is 297 Å². The third kappa shape index (κ3) is 5.52. The number of ether oxygens (including phenoxy) is 1. The number of imidazole rings is 1. The van der Waals surface area contributed by atoms with E-state index in [9.17, 15) is 9.18 Å². The minimum absolute atomic E-state index is 0.0609. The number of rotatable bonds is 7. The van der Waals surface area contributed by atoms with Gasteiger partial charge in [-0.1, -0.05) is 12.1 Å². The van der Waals surface area contributed by atoms with Crippen LogP contribution in [0.3, 0.4) is 0 Å². The highest BCUT2D eigenvalue weighted by atomic mass is 19.1. The quantitative estimate of drug-likeness (QED) is 0.238. The second kappa shape index (κ2) is 12.3. The fourth-order valence-electron chi connectivity index (χ4n) is 9.20. The third-order valence-corrected chi connectivity index (χ3v) is 12.3. The van der Waals surface area contributed by atoms with Gasteiger partial charge >= 0.3 is 0 Å². The first-order chi connectivity index (χ1) is 24.6. The van der Waals surface area contributed by atoms with Crippen LogP contribution in [-0.4, -0.2) is 98.4 Å². The van der Waals surface area contributed by atoms with Crippen molar-refractivity contribution in [1.82, 2.24) is 29.3 Å². The molecule has 1 N–H and O–H groups in total. The number of alkyl halides is 1. The van der Waals surface area contributed by atoms with Crippen molar-refractivity contribution < 1.29 is 18.3 Å². The van der Waals surface area contributed by atoms with Crippen LogP contribution in [0.4, 0.5) is 26.0 Å². The Bertz CT molecular complexity index is 1980. The number of carbonyl (C=O) groups is 1. The zero-order valence-corrected chi connectivity index (χ0v) is 29.6. The van der Waals surface area contributed by atoms with Crippen LogP contribution in [0.5, 0.6) is 0 Å². The number of amides is 1. The number of fused-ring (bicyclic) bond motifs is 3. The lowest BCUT2D eigenvalue weighted by Crippen LogP contribution is -2.60. The van der Waals surface area contributed by atoms with E-state index in [1.165, 1.54) is 6.20 Å². The van der Waals surface area contributed by atoms with Crippen molar-refractivity contribution in [2.45, 2.75) is 94.5 Å². The highest BCUT2D eigenvalue weighted by Crippen LogP contribution is 2.52. The molecule has 1 aromatic carbocycles. The average molecular weight is 697 g/mol. The summed E-state index contributed by atoms with van der Waals surface area (Å²) in [6, 6.07) is 10.8. The Morgan fingerprint density at radius 3 is 2.51 bits per heavy atom. The van der Waals surface area contributed by atoms with Crippen LogP contribution in [0, 0.1) is 5.82 Å². The number of hydrogen-bond acceptors (Lipinski definition) is 8. The lowest BCUT2D eigenvalue weighted by Gasteiger charge is -2.50. The van der Waals surface area contributed by atoms with Crippen molar-refractivity contribution in [3.8, 4) is 11.3 Å². The number of nitrogens with one attached hydrogen (secondary N) is 1. The monoisotopic (exact) mass is 696 g/mol. The fourth-order valence-corrected chi connectivity index (χ4v) is 9.20. The van der Waals surface area contributed by atoms with E-state index >= 15 is 4.39 Å². The molecule has 12 heteroatoms. The molecule has 268 valence electrons. The predicted molar refractivity (Wildman–Crippen MR) is 193 cm³/mol. The summed E-state index contributed by atoms with van der Waals surface area (Å²) in [6.45, 7) is 10.5. The van der Waals surface area contributed by atoms with E-state index in [2.05, 4.69) is 57.0 Å². The normalized spacial score (nSPS) is 26.9. The van der Waals surface area contributed by atoms with Crippen molar-refractivity contribution in [1.29, 1.82) is 0 Å². The van der Waals surface area contributed by atoms with E-state index in [1.54, 1.807) is 25.5 Å². The standard InChI is InChI=1S/C39H46F2N8O2/c1-24(2)48-23-43-33-18-32(45-36(35(33)48)44-31-7-11-42-19-30(31)40)25-5-6-29-34(15-25)49(27-16-26(17-27)47-12-4-8-38(3,41)22-47)37(50)39(29)9-13-46(14-10-39)28-20-51-21-28/h5-7,11,15,18-19,23-24,26-28H,4,8-10,12-14,16-17,20-22H2,1-3H3,(H,42,44,45).